The molecule has 3 nitrogen and oxygen atoms in total. The SMILES string of the molecule is C[C@H]1c2ccc(C(F)F)cc2CCN1C(=O)OC(C)(C)C. The van der Waals surface area contributed by atoms with Crippen LogP contribution in [0.5, 0.6) is 0 Å². The highest BCUT2D eigenvalue weighted by Crippen LogP contribution is 2.33. The first-order valence-corrected chi connectivity index (χ1v) is 7.09. The van der Waals surface area contributed by atoms with Gasteiger partial charge in [0.1, 0.15) is 5.60 Å². The Morgan fingerprint density at radius 1 is 1.38 bits per heavy atom. The maximum absolute atomic E-state index is 12.7. The molecule has 1 aliphatic rings. The number of benzene rings is 1. The Morgan fingerprint density at radius 2 is 2.05 bits per heavy atom. The molecule has 116 valence electrons. The molecule has 0 aromatic heterocycles. The topological polar surface area (TPSA) is 29.5 Å². The van der Waals surface area contributed by atoms with E-state index < -0.39 is 12.0 Å². The molecule has 0 N–H and O–H groups in total. The first-order chi connectivity index (χ1) is 9.69. The van der Waals surface area contributed by atoms with Crippen molar-refractivity contribution in [1.29, 1.82) is 0 Å². The minimum absolute atomic E-state index is 0.0340. The number of fused-ring (bicyclic) bond motifs is 1. The molecule has 0 saturated carbocycles. The van der Waals surface area contributed by atoms with Crippen LogP contribution in [-0.4, -0.2) is 23.1 Å². The third-order valence-corrected chi connectivity index (χ3v) is 3.59. The van der Waals surface area contributed by atoms with Crippen LogP contribution in [0.25, 0.3) is 0 Å². The largest absolute Gasteiger partial charge is 0.444 e. The molecular formula is C16H21F2NO2. The minimum Gasteiger partial charge on any atom is -0.444 e. The van der Waals surface area contributed by atoms with Gasteiger partial charge in [0.2, 0.25) is 0 Å². The standard InChI is InChI=1S/C16H21F2NO2/c1-10-13-6-5-12(14(17)18)9-11(13)7-8-19(10)15(20)21-16(2,3)4/h5-6,9-10,14H,7-8H2,1-4H3/t10-/m0/s1. The maximum atomic E-state index is 12.7. The zero-order valence-electron chi connectivity index (χ0n) is 12.8. The lowest BCUT2D eigenvalue weighted by atomic mass is 9.92. The molecule has 0 saturated heterocycles. The van der Waals surface area contributed by atoms with E-state index in [9.17, 15) is 13.6 Å². The van der Waals surface area contributed by atoms with E-state index in [0.717, 1.165) is 11.1 Å². The van der Waals surface area contributed by atoms with Crippen molar-refractivity contribution in [3.8, 4) is 0 Å². The van der Waals surface area contributed by atoms with Crippen molar-refractivity contribution in [3.63, 3.8) is 0 Å². The molecule has 0 spiro atoms. The average Bonchev–Trinajstić information content (AvgIpc) is 2.36. The number of carbonyl (C=O) groups is 1. The fourth-order valence-electron chi connectivity index (χ4n) is 2.56. The molecule has 5 heteroatoms. The lowest BCUT2D eigenvalue weighted by Crippen LogP contribution is -2.42. The van der Waals surface area contributed by atoms with Crippen LogP contribution in [0.3, 0.4) is 0 Å². The number of hydrogen-bond acceptors (Lipinski definition) is 2. The summed E-state index contributed by atoms with van der Waals surface area (Å²) in [5.41, 5.74) is 1.29. The zero-order valence-corrected chi connectivity index (χ0v) is 12.8. The summed E-state index contributed by atoms with van der Waals surface area (Å²) in [6, 6.07) is 4.50. The van der Waals surface area contributed by atoms with Gasteiger partial charge in [-0.2, -0.15) is 0 Å². The molecular weight excluding hydrogens is 276 g/mol. The number of hydrogen-bond donors (Lipinski definition) is 0. The lowest BCUT2D eigenvalue weighted by molar-refractivity contribution is 0.0159. The van der Waals surface area contributed by atoms with Crippen LogP contribution in [0.4, 0.5) is 13.6 Å². The van der Waals surface area contributed by atoms with Crippen molar-refractivity contribution >= 4 is 6.09 Å². The second-order valence-electron chi connectivity index (χ2n) is 6.36. The highest BCUT2D eigenvalue weighted by atomic mass is 19.3. The number of carbonyl (C=O) groups excluding carboxylic acids is 1. The second-order valence-corrected chi connectivity index (χ2v) is 6.36. The van der Waals surface area contributed by atoms with Gasteiger partial charge in [-0.3, -0.25) is 0 Å². The number of halogens is 2. The van der Waals surface area contributed by atoms with E-state index in [0.29, 0.717) is 13.0 Å². The Hall–Kier alpha value is -1.65. The van der Waals surface area contributed by atoms with Gasteiger partial charge in [0.15, 0.2) is 0 Å². The summed E-state index contributed by atoms with van der Waals surface area (Å²) >= 11 is 0. The molecule has 1 aliphatic heterocycles. The molecule has 0 fully saturated rings. The van der Waals surface area contributed by atoms with Crippen LogP contribution in [0, 0.1) is 0 Å². The molecule has 21 heavy (non-hydrogen) atoms. The van der Waals surface area contributed by atoms with Crippen molar-refractivity contribution in [2.24, 2.45) is 0 Å². The summed E-state index contributed by atoms with van der Waals surface area (Å²) in [6.07, 6.45) is -2.26. The molecule has 2 rings (SSSR count). The van der Waals surface area contributed by atoms with Gasteiger partial charge in [0.05, 0.1) is 6.04 Å². The number of amides is 1. The smallest absolute Gasteiger partial charge is 0.410 e. The Kier molecular flexibility index (Phi) is 4.21. The number of alkyl halides is 2. The van der Waals surface area contributed by atoms with Crippen LogP contribution in [0.15, 0.2) is 18.2 Å². The number of nitrogens with zero attached hydrogens (tertiary/aromatic N) is 1. The van der Waals surface area contributed by atoms with Gasteiger partial charge >= 0.3 is 6.09 Å². The summed E-state index contributed by atoms with van der Waals surface area (Å²) in [4.78, 5) is 13.8. The highest BCUT2D eigenvalue weighted by Gasteiger charge is 2.31. The van der Waals surface area contributed by atoms with E-state index in [1.807, 2.05) is 27.7 Å². The third-order valence-electron chi connectivity index (χ3n) is 3.59. The lowest BCUT2D eigenvalue weighted by Gasteiger charge is -2.36. The molecule has 1 aromatic carbocycles. The van der Waals surface area contributed by atoms with Crippen LogP contribution in [0.2, 0.25) is 0 Å². The van der Waals surface area contributed by atoms with Gasteiger partial charge in [0.25, 0.3) is 6.43 Å². The normalized spacial score (nSPS) is 18.6. The van der Waals surface area contributed by atoms with E-state index in [1.54, 1.807) is 17.0 Å². The summed E-state index contributed by atoms with van der Waals surface area (Å²) in [5, 5.41) is 0. The van der Waals surface area contributed by atoms with Gasteiger partial charge in [-0.05, 0) is 51.3 Å². The van der Waals surface area contributed by atoms with Crippen LogP contribution in [0.1, 0.15) is 56.9 Å². The van der Waals surface area contributed by atoms with Gasteiger partial charge < -0.3 is 9.64 Å². The van der Waals surface area contributed by atoms with Gasteiger partial charge in [-0.25, -0.2) is 13.6 Å². The zero-order chi connectivity index (χ0) is 15.8. The van der Waals surface area contributed by atoms with Gasteiger partial charge in [-0.15, -0.1) is 0 Å². The van der Waals surface area contributed by atoms with Crippen LogP contribution >= 0.6 is 0 Å². The fourth-order valence-corrected chi connectivity index (χ4v) is 2.56. The molecule has 1 atom stereocenters. The van der Waals surface area contributed by atoms with Crippen LogP contribution < -0.4 is 0 Å². The van der Waals surface area contributed by atoms with E-state index in [2.05, 4.69) is 0 Å². The van der Waals surface area contributed by atoms with Crippen LogP contribution in [-0.2, 0) is 11.2 Å². The summed E-state index contributed by atoms with van der Waals surface area (Å²) in [5.74, 6) is 0. The highest BCUT2D eigenvalue weighted by molar-refractivity contribution is 5.69. The minimum atomic E-state index is -2.46. The Bertz CT molecular complexity index is 538. The predicted octanol–water partition coefficient (Wildman–Crippen LogP) is 4.48. The molecule has 0 radical (unpaired) electrons. The number of rotatable bonds is 1. The molecule has 0 bridgehead atoms. The summed E-state index contributed by atoms with van der Waals surface area (Å²) in [7, 11) is 0. The Balaban J connectivity index is 2.21. The fraction of sp³-hybridized carbons (Fsp3) is 0.562. The van der Waals surface area contributed by atoms with Gasteiger partial charge in [0, 0.05) is 12.1 Å². The monoisotopic (exact) mass is 297 g/mol. The quantitative estimate of drug-likeness (QED) is 0.765. The predicted molar refractivity (Wildman–Crippen MR) is 76.5 cm³/mol. The molecule has 0 unspecified atom stereocenters. The summed E-state index contributed by atoms with van der Waals surface area (Å²) in [6.45, 7) is 7.84. The first-order valence-electron chi connectivity index (χ1n) is 7.09. The van der Waals surface area contributed by atoms with E-state index in [1.165, 1.54) is 6.07 Å². The van der Waals surface area contributed by atoms with Crippen molar-refractivity contribution in [2.75, 3.05) is 6.54 Å². The Labute approximate surface area is 123 Å². The Morgan fingerprint density at radius 3 is 2.62 bits per heavy atom. The van der Waals surface area contributed by atoms with Crippen molar-refractivity contribution in [2.45, 2.75) is 52.2 Å². The van der Waals surface area contributed by atoms with E-state index >= 15 is 0 Å². The molecule has 1 aromatic rings. The first kappa shape index (κ1) is 15.7. The van der Waals surface area contributed by atoms with Crippen molar-refractivity contribution in [1.82, 2.24) is 4.90 Å². The van der Waals surface area contributed by atoms with E-state index in [4.69, 9.17) is 4.74 Å². The average molecular weight is 297 g/mol. The molecule has 0 aliphatic carbocycles. The maximum Gasteiger partial charge on any atom is 0.410 e. The van der Waals surface area contributed by atoms with Crippen molar-refractivity contribution < 1.29 is 18.3 Å². The van der Waals surface area contributed by atoms with Crippen molar-refractivity contribution in [3.05, 3.63) is 34.9 Å². The molecule has 1 heterocycles. The van der Waals surface area contributed by atoms with E-state index in [-0.39, 0.29) is 17.7 Å². The summed E-state index contributed by atoms with van der Waals surface area (Å²) < 4.78 is 30.9. The van der Waals surface area contributed by atoms with Gasteiger partial charge in [-0.1, -0.05) is 12.1 Å². The number of ether oxygens (including phenoxy) is 1. The molecule has 1 amide bonds. The second kappa shape index (κ2) is 5.62. The third kappa shape index (κ3) is 3.52.